The topological polar surface area (TPSA) is 157 Å². The average molecular weight is 553 g/mol. The minimum Gasteiger partial charge on any atom is -0.394 e. The number of amides is 4. The molecule has 0 aliphatic heterocycles. The molecule has 1 fully saturated rings. The Kier molecular flexibility index (Phi) is 12.6. The quantitative estimate of drug-likeness (QED) is 0.203. The Morgan fingerprint density at radius 3 is 1.80 bits per heavy atom. The van der Waals surface area contributed by atoms with E-state index in [4.69, 9.17) is 0 Å². The van der Waals surface area contributed by atoms with E-state index in [2.05, 4.69) is 21.3 Å². The molecular weight excluding hydrogens is 512 g/mol. The second kappa shape index (κ2) is 16.4. The van der Waals surface area contributed by atoms with Crippen molar-refractivity contribution in [1.82, 2.24) is 21.3 Å². The number of carbonyl (C=O) groups excluding carboxylic acids is 4. The van der Waals surface area contributed by atoms with E-state index in [1.54, 1.807) is 24.3 Å². The number of aliphatic hydroxyl groups is 2. The first kappa shape index (κ1) is 30.8. The monoisotopic (exact) mass is 552 g/mol. The van der Waals surface area contributed by atoms with Crippen molar-refractivity contribution < 1.29 is 29.4 Å². The maximum absolute atomic E-state index is 13.3. The summed E-state index contributed by atoms with van der Waals surface area (Å²) >= 11 is 0. The SMILES string of the molecule is O=C(CCc1ccccc1)N[C@@H](CO)C(=O)N[C@@H](Cc1ccccc1)C(=O)N[C@@H](CO)C(=O)NC1CCCCC1. The predicted molar refractivity (Wildman–Crippen MR) is 150 cm³/mol. The van der Waals surface area contributed by atoms with Crippen LogP contribution in [0, 0.1) is 0 Å². The lowest BCUT2D eigenvalue weighted by molar-refractivity contribution is -0.134. The Balaban J connectivity index is 1.63. The standard InChI is InChI=1S/C30H40N4O6/c35-19-25(32-27(37)17-16-21-10-4-1-5-11-21)30(40)33-24(18-22-12-6-2-7-13-22)28(38)34-26(20-36)29(39)31-23-14-8-3-9-15-23/h1-2,4-7,10-13,23-26,35-36H,3,8-9,14-20H2,(H,31,39)(H,32,37)(H,33,40)(H,34,38)/t24-,25-,26-/m0/s1. The van der Waals surface area contributed by atoms with E-state index in [9.17, 15) is 29.4 Å². The molecule has 0 heterocycles. The first-order valence-corrected chi connectivity index (χ1v) is 13.9. The summed E-state index contributed by atoms with van der Waals surface area (Å²) in [6, 6.07) is 14.8. The molecule has 1 saturated carbocycles. The fourth-order valence-electron chi connectivity index (χ4n) is 4.71. The highest BCUT2D eigenvalue weighted by atomic mass is 16.3. The molecule has 0 bridgehead atoms. The zero-order valence-electron chi connectivity index (χ0n) is 22.7. The summed E-state index contributed by atoms with van der Waals surface area (Å²) < 4.78 is 0. The van der Waals surface area contributed by atoms with E-state index in [0.29, 0.717) is 6.42 Å². The van der Waals surface area contributed by atoms with Crippen LogP contribution in [-0.2, 0) is 32.0 Å². The van der Waals surface area contributed by atoms with E-state index < -0.39 is 55.0 Å². The van der Waals surface area contributed by atoms with Gasteiger partial charge in [0.1, 0.15) is 18.1 Å². The zero-order chi connectivity index (χ0) is 28.7. The van der Waals surface area contributed by atoms with Gasteiger partial charge in [0.2, 0.25) is 23.6 Å². The number of aryl methyl sites for hydroxylation is 1. The van der Waals surface area contributed by atoms with Crippen molar-refractivity contribution in [2.45, 2.75) is 75.5 Å². The molecule has 0 saturated heterocycles. The highest BCUT2D eigenvalue weighted by Gasteiger charge is 2.30. The van der Waals surface area contributed by atoms with Crippen LogP contribution in [0.1, 0.15) is 49.7 Å². The van der Waals surface area contributed by atoms with Crippen molar-refractivity contribution in [3.8, 4) is 0 Å². The molecule has 0 spiro atoms. The van der Waals surface area contributed by atoms with Crippen molar-refractivity contribution in [2.24, 2.45) is 0 Å². The Bertz CT molecular complexity index is 1090. The van der Waals surface area contributed by atoms with Crippen LogP contribution in [0.3, 0.4) is 0 Å². The lowest BCUT2D eigenvalue weighted by Crippen LogP contribution is -2.59. The summed E-state index contributed by atoms with van der Waals surface area (Å²) in [5.41, 5.74) is 1.72. The number of carbonyl (C=O) groups is 4. The Morgan fingerprint density at radius 2 is 1.20 bits per heavy atom. The second-order valence-corrected chi connectivity index (χ2v) is 10.1. The Labute approximate surface area is 234 Å². The Morgan fingerprint density at radius 1 is 0.675 bits per heavy atom. The van der Waals surface area contributed by atoms with Gasteiger partial charge in [-0.1, -0.05) is 79.9 Å². The molecule has 2 aromatic rings. The fourth-order valence-corrected chi connectivity index (χ4v) is 4.71. The number of aliphatic hydroxyl groups excluding tert-OH is 2. The van der Waals surface area contributed by atoms with Crippen molar-refractivity contribution in [1.29, 1.82) is 0 Å². The summed E-state index contributed by atoms with van der Waals surface area (Å²) in [7, 11) is 0. The molecule has 40 heavy (non-hydrogen) atoms. The van der Waals surface area contributed by atoms with Gasteiger partial charge in [-0.15, -0.1) is 0 Å². The second-order valence-electron chi connectivity index (χ2n) is 10.1. The van der Waals surface area contributed by atoms with E-state index in [-0.39, 0.29) is 18.9 Å². The summed E-state index contributed by atoms with van der Waals surface area (Å²) in [4.78, 5) is 51.6. The number of hydrogen-bond acceptors (Lipinski definition) is 6. The predicted octanol–water partition coefficient (Wildman–Crippen LogP) is 0.750. The van der Waals surface area contributed by atoms with Gasteiger partial charge in [-0.25, -0.2) is 0 Å². The number of hydrogen-bond donors (Lipinski definition) is 6. The van der Waals surface area contributed by atoms with E-state index >= 15 is 0 Å². The van der Waals surface area contributed by atoms with Crippen LogP contribution in [0.25, 0.3) is 0 Å². The molecule has 10 nitrogen and oxygen atoms in total. The van der Waals surface area contributed by atoms with Gasteiger partial charge in [0.05, 0.1) is 13.2 Å². The normalized spacial score (nSPS) is 15.8. The third-order valence-electron chi connectivity index (χ3n) is 7.00. The van der Waals surface area contributed by atoms with Gasteiger partial charge >= 0.3 is 0 Å². The molecule has 1 aliphatic rings. The van der Waals surface area contributed by atoms with Gasteiger partial charge in [0.15, 0.2) is 0 Å². The van der Waals surface area contributed by atoms with Crippen molar-refractivity contribution in [3.05, 3.63) is 71.8 Å². The number of rotatable bonds is 14. The van der Waals surface area contributed by atoms with Gasteiger partial charge in [-0.2, -0.15) is 0 Å². The molecule has 2 aromatic carbocycles. The molecule has 1 aliphatic carbocycles. The highest BCUT2D eigenvalue weighted by molar-refractivity contribution is 5.94. The minimum atomic E-state index is -1.27. The van der Waals surface area contributed by atoms with Crippen LogP contribution in [0.5, 0.6) is 0 Å². The molecule has 216 valence electrons. The van der Waals surface area contributed by atoms with Crippen LogP contribution < -0.4 is 21.3 Å². The molecule has 3 rings (SSSR count). The fraction of sp³-hybridized carbons (Fsp3) is 0.467. The van der Waals surface area contributed by atoms with Gasteiger partial charge in [-0.3, -0.25) is 19.2 Å². The molecule has 0 unspecified atom stereocenters. The summed E-state index contributed by atoms with van der Waals surface area (Å²) in [5.74, 6) is -2.30. The lowest BCUT2D eigenvalue weighted by Gasteiger charge is -2.27. The first-order valence-electron chi connectivity index (χ1n) is 13.9. The third-order valence-corrected chi connectivity index (χ3v) is 7.00. The highest BCUT2D eigenvalue weighted by Crippen LogP contribution is 2.17. The molecule has 0 aromatic heterocycles. The van der Waals surface area contributed by atoms with Crippen molar-refractivity contribution in [2.75, 3.05) is 13.2 Å². The van der Waals surface area contributed by atoms with Gasteiger partial charge in [0, 0.05) is 18.9 Å². The van der Waals surface area contributed by atoms with Crippen LogP contribution >= 0.6 is 0 Å². The van der Waals surface area contributed by atoms with Crippen molar-refractivity contribution in [3.63, 3.8) is 0 Å². The van der Waals surface area contributed by atoms with Gasteiger partial charge < -0.3 is 31.5 Å². The van der Waals surface area contributed by atoms with Crippen LogP contribution in [0.15, 0.2) is 60.7 Å². The van der Waals surface area contributed by atoms with Crippen LogP contribution in [0.2, 0.25) is 0 Å². The zero-order valence-corrected chi connectivity index (χ0v) is 22.7. The molecule has 3 atom stereocenters. The minimum absolute atomic E-state index is 0.00263. The van der Waals surface area contributed by atoms with Gasteiger partial charge in [-0.05, 0) is 30.4 Å². The molecule has 10 heteroatoms. The van der Waals surface area contributed by atoms with Crippen LogP contribution in [0.4, 0.5) is 0 Å². The molecule has 6 N–H and O–H groups in total. The maximum atomic E-state index is 13.3. The van der Waals surface area contributed by atoms with E-state index in [1.165, 1.54) is 0 Å². The molecule has 4 amide bonds. The summed E-state index contributed by atoms with van der Waals surface area (Å²) in [6.07, 6.45) is 5.54. The third kappa shape index (κ3) is 10.1. The largest absolute Gasteiger partial charge is 0.394 e. The van der Waals surface area contributed by atoms with Gasteiger partial charge in [0.25, 0.3) is 0 Å². The maximum Gasteiger partial charge on any atom is 0.245 e. The van der Waals surface area contributed by atoms with E-state index in [1.807, 2.05) is 36.4 Å². The van der Waals surface area contributed by atoms with Crippen molar-refractivity contribution >= 4 is 23.6 Å². The molecular formula is C30H40N4O6. The Hall–Kier alpha value is -3.76. The summed E-state index contributed by atoms with van der Waals surface area (Å²) in [6.45, 7) is -1.27. The first-order chi connectivity index (χ1) is 19.4. The average Bonchev–Trinajstić information content (AvgIpc) is 2.98. The number of benzene rings is 2. The molecule has 0 radical (unpaired) electrons. The smallest absolute Gasteiger partial charge is 0.245 e. The van der Waals surface area contributed by atoms with Crippen LogP contribution in [-0.4, -0.2) is 71.2 Å². The lowest BCUT2D eigenvalue weighted by atomic mass is 9.95. The van der Waals surface area contributed by atoms with E-state index in [0.717, 1.165) is 43.2 Å². The summed E-state index contributed by atoms with van der Waals surface area (Å²) in [5, 5.41) is 30.2. The number of nitrogens with one attached hydrogen (secondary N) is 4.